The monoisotopic (exact) mass is 328 g/mol. The van der Waals surface area contributed by atoms with E-state index in [9.17, 15) is 9.59 Å². The summed E-state index contributed by atoms with van der Waals surface area (Å²) >= 11 is 0. The highest BCUT2D eigenvalue weighted by atomic mass is 16.4. The molecule has 1 atom stereocenters. The van der Waals surface area contributed by atoms with E-state index in [1.165, 1.54) is 0 Å². The number of hydrogen-bond donors (Lipinski definition) is 1. The molecule has 7 nitrogen and oxygen atoms in total. The van der Waals surface area contributed by atoms with Gasteiger partial charge in [-0.3, -0.25) is 9.59 Å². The van der Waals surface area contributed by atoms with Crippen molar-refractivity contribution in [3.05, 3.63) is 42.4 Å². The molecule has 24 heavy (non-hydrogen) atoms. The van der Waals surface area contributed by atoms with Crippen LogP contribution in [0.3, 0.4) is 0 Å². The average molecular weight is 328 g/mol. The van der Waals surface area contributed by atoms with E-state index in [1.54, 1.807) is 41.5 Å². The van der Waals surface area contributed by atoms with Crippen molar-refractivity contribution in [2.45, 2.75) is 38.1 Å². The SMILES string of the molecule is O=C(O)CCC1CCCCN1C(=O)c1ccnc(-n2cccn2)c1. The molecule has 1 aliphatic heterocycles. The average Bonchev–Trinajstić information content (AvgIpc) is 3.14. The maximum atomic E-state index is 12.9. The normalized spacial score (nSPS) is 17.7. The summed E-state index contributed by atoms with van der Waals surface area (Å²) in [6.07, 6.45) is 8.45. The Labute approximate surface area is 139 Å². The number of carboxylic acids is 1. The van der Waals surface area contributed by atoms with Crippen LogP contribution in [-0.4, -0.2) is 49.2 Å². The number of carbonyl (C=O) groups excluding carboxylic acids is 1. The molecule has 2 aromatic heterocycles. The molecule has 0 bridgehead atoms. The Morgan fingerprint density at radius 1 is 1.29 bits per heavy atom. The number of rotatable bonds is 5. The lowest BCUT2D eigenvalue weighted by atomic mass is 9.97. The fourth-order valence-electron chi connectivity index (χ4n) is 3.11. The van der Waals surface area contributed by atoms with Gasteiger partial charge in [-0.05, 0) is 43.9 Å². The van der Waals surface area contributed by atoms with Gasteiger partial charge in [-0.25, -0.2) is 9.67 Å². The fraction of sp³-hybridized carbons (Fsp3) is 0.412. The van der Waals surface area contributed by atoms with Gasteiger partial charge >= 0.3 is 5.97 Å². The van der Waals surface area contributed by atoms with Gasteiger partial charge in [-0.1, -0.05) is 0 Å². The summed E-state index contributed by atoms with van der Waals surface area (Å²) in [4.78, 5) is 29.8. The van der Waals surface area contributed by atoms with Crippen molar-refractivity contribution >= 4 is 11.9 Å². The highest BCUT2D eigenvalue weighted by Crippen LogP contribution is 2.23. The van der Waals surface area contributed by atoms with Crippen LogP contribution in [0.15, 0.2) is 36.8 Å². The van der Waals surface area contributed by atoms with Crippen LogP contribution in [0.2, 0.25) is 0 Å². The van der Waals surface area contributed by atoms with Crippen LogP contribution < -0.4 is 0 Å². The smallest absolute Gasteiger partial charge is 0.303 e. The molecule has 0 radical (unpaired) electrons. The Morgan fingerprint density at radius 2 is 2.17 bits per heavy atom. The molecular weight excluding hydrogens is 308 g/mol. The fourth-order valence-corrected chi connectivity index (χ4v) is 3.11. The van der Waals surface area contributed by atoms with Crippen molar-refractivity contribution in [2.75, 3.05) is 6.54 Å². The second-order valence-corrected chi connectivity index (χ2v) is 5.93. The van der Waals surface area contributed by atoms with E-state index in [0.29, 0.717) is 24.3 Å². The summed E-state index contributed by atoms with van der Waals surface area (Å²) in [5.41, 5.74) is 0.553. The van der Waals surface area contributed by atoms with E-state index < -0.39 is 5.97 Å². The molecule has 1 unspecified atom stereocenters. The highest BCUT2D eigenvalue weighted by Gasteiger charge is 2.28. The lowest BCUT2D eigenvalue weighted by Crippen LogP contribution is -2.44. The number of carboxylic acid groups (broad SMARTS) is 1. The van der Waals surface area contributed by atoms with E-state index in [1.807, 2.05) is 4.90 Å². The lowest BCUT2D eigenvalue weighted by Gasteiger charge is -2.35. The summed E-state index contributed by atoms with van der Waals surface area (Å²) in [6.45, 7) is 0.669. The second-order valence-electron chi connectivity index (χ2n) is 5.93. The number of hydrogen-bond acceptors (Lipinski definition) is 4. The molecule has 0 saturated carbocycles. The molecule has 3 heterocycles. The second kappa shape index (κ2) is 7.25. The standard InChI is InChI=1S/C17H20N4O3/c22-16(23)6-5-14-4-1-2-10-20(14)17(24)13-7-9-18-15(12-13)21-11-3-8-19-21/h3,7-9,11-12,14H,1-2,4-6,10H2,(H,22,23). The Bertz CT molecular complexity index is 714. The van der Waals surface area contributed by atoms with Crippen molar-refractivity contribution in [3.63, 3.8) is 0 Å². The Hall–Kier alpha value is -2.70. The molecule has 1 amide bonds. The number of likely N-dealkylation sites (tertiary alicyclic amines) is 1. The summed E-state index contributed by atoms with van der Waals surface area (Å²) in [5.74, 6) is -0.302. The molecular formula is C17H20N4O3. The minimum atomic E-state index is -0.821. The van der Waals surface area contributed by atoms with Gasteiger partial charge in [0.05, 0.1) is 0 Å². The Kier molecular flexibility index (Phi) is 4.88. The predicted octanol–water partition coefficient (Wildman–Crippen LogP) is 2.13. The first-order valence-electron chi connectivity index (χ1n) is 8.14. The van der Waals surface area contributed by atoms with Gasteiger partial charge in [-0.15, -0.1) is 0 Å². The van der Waals surface area contributed by atoms with Gasteiger partial charge in [0, 0.05) is 43.2 Å². The third kappa shape index (κ3) is 3.61. The molecule has 0 aliphatic carbocycles. The van der Waals surface area contributed by atoms with Crippen LogP contribution in [0.4, 0.5) is 0 Å². The molecule has 1 saturated heterocycles. The molecule has 1 fully saturated rings. The molecule has 0 spiro atoms. The number of piperidine rings is 1. The van der Waals surface area contributed by atoms with Gasteiger partial charge < -0.3 is 10.0 Å². The molecule has 0 aromatic carbocycles. The van der Waals surface area contributed by atoms with Crippen LogP contribution in [0.25, 0.3) is 5.82 Å². The zero-order chi connectivity index (χ0) is 16.9. The minimum Gasteiger partial charge on any atom is -0.481 e. The molecule has 1 N–H and O–H groups in total. The van der Waals surface area contributed by atoms with E-state index in [0.717, 1.165) is 19.3 Å². The van der Waals surface area contributed by atoms with Gasteiger partial charge in [0.25, 0.3) is 5.91 Å². The summed E-state index contributed by atoms with van der Waals surface area (Å²) in [6, 6.07) is 5.20. The number of carbonyl (C=O) groups is 2. The van der Waals surface area contributed by atoms with Crippen molar-refractivity contribution in [3.8, 4) is 5.82 Å². The quantitative estimate of drug-likeness (QED) is 0.908. The van der Waals surface area contributed by atoms with Crippen molar-refractivity contribution in [2.24, 2.45) is 0 Å². The van der Waals surface area contributed by atoms with Gasteiger partial charge in [0.1, 0.15) is 0 Å². The lowest BCUT2D eigenvalue weighted by molar-refractivity contribution is -0.137. The largest absolute Gasteiger partial charge is 0.481 e. The molecule has 1 aliphatic rings. The van der Waals surface area contributed by atoms with Crippen LogP contribution in [0.5, 0.6) is 0 Å². The van der Waals surface area contributed by atoms with E-state index in [4.69, 9.17) is 5.11 Å². The van der Waals surface area contributed by atoms with E-state index in [2.05, 4.69) is 10.1 Å². The molecule has 3 rings (SSSR count). The van der Waals surface area contributed by atoms with Gasteiger partial charge in [-0.2, -0.15) is 5.10 Å². The molecule has 7 heteroatoms. The topological polar surface area (TPSA) is 88.3 Å². The number of pyridine rings is 1. The van der Waals surface area contributed by atoms with E-state index in [-0.39, 0.29) is 18.4 Å². The first-order chi connectivity index (χ1) is 11.6. The van der Waals surface area contributed by atoms with Crippen molar-refractivity contribution in [1.82, 2.24) is 19.7 Å². The van der Waals surface area contributed by atoms with Crippen molar-refractivity contribution < 1.29 is 14.7 Å². The summed E-state index contributed by atoms with van der Waals surface area (Å²) < 4.78 is 1.61. The Morgan fingerprint density at radius 3 is 2.92 bits per heavy atom. The van der Waals surface area contributed by atoms with Gasteiger partial charge in [0.2, 0.25) is 0 Å². The first-order valence-corrected chi connectivity index (χ1v) is 8.14. The number of nitrogens with zero attached hydrogens (tertiary/aromatic N) is 4. The van der Waals surface area contributed by atoms with Crippen LogP contribution in [0, 0.1) is 0 Å². The zero-order valence-electron chi connectivity index (χ0n) is 13.3. The molecule has 2 aromatic rings. The van der Waals surface area contributed by atoms with Crippen molar-refractivity contribution in [1.29, 1.82) is 0 Å². The first kappa shape index (κ1) is 16.2. The zero-order valence-corrected chi connectivity index (χ0v) is 13.3. The number of aliphatic carboxylic acids is 1. The van der Waals surface area contributed by atoms with Gasteiger partial charge in [0.15, 0.2) is 5.82 Å². The summed E-state index contributed by atoms with van der Waals surface area (Å²) in [7, 11) is 0. The number of aromatic nitrogens is 3. The van der Waals surface area contributed by atoms with Crippen LogP contribution >= 0.6 is 0 Å². The van der Waals surface area contributed by atoms with Crippen LogP contribution in [-0.2, 0) is 4.79 Å². The van der Waals surface area contributed by atoms with Crippen LogP contribution in [0.1, 0.15) is 42.5 Å². The third-order valence-electron chi connectivity index (χ3n) is 4.31. The minimum absolute atomic E-state index is 0.0105. The maximum Gasteiger partial charge on any atom is 0.303 e. The Balaban J connectivity index is 1.79. The highest BCUT2D eigenvalue weighted by molar-refractivity contribution is 5.94. The maximum absolute atomic E-state index is 12.9. The molecule has 126 valence electrons. The third-order valence-corrected chi connectivity index (χ3v) is 4.31. The number of amides is 1. The predicted molar refractivity (Wildman–Crippen MR) is 86.9 cm³/mol. The van der Waals surface area contributed by atoms with E-state index >= 15 is 0 Å². The summed E-state index contributed by atoms with van der Waals surface area (Å²) in [5, 5.41) is 13.0.